The molecule has 19 heavy (non-hydrogen) atoms. The maximum absolute atomic E-state index is 12.5. The summed E-state index contributed by atoms with van der Waals surface area (Å²) in [6, 6.07) is 5.12. The van der Waals surface area contributed by atoms with Gasteiger partial charge < -0.3 is 15.7 Å². The van der Waals surface area contributed by atoms with Crippen LogP contribution < -0.4 is 5.73 Å². The minimum absolute atomic E-state index is 0.0320. The Morgan fingerprint density at radius 3 is 2.68 bits per heavy atom. The minimum Gasteiger partial charge on any atom is -0.398 e. The Kier molecular flexibility index (Phi) is 4.66. The summed E-state index contributed by atoms with van der Waals surface area (Å²) in [5, 5.41) is 9.68. The summed E-state index contributed by atoms with van der Waals surface area (Å²) in [5.41, 5.74) is 6.71. The summed E-state index contributed by atoms with van der Waals surface area (Å²) in [6.07, 6.45) is 4.27. The number of amides is 1. The number of nitrogens with two attached hydrogens (primary N) is 1. The first-order valence-electron chi connectivity index (χ1n) is 6.60. The van der Waals surface area contributed by atoms with Crippen molar-refractivity contribution >= 4 is 23.2 Å². The monoisotopic (exact) mass is 282 g/mol. The highest BCUT2D eigenvalue weighted by molar-refractivity contribution is 6.31. The van der Waals surface area contributed by atoms with Crippen LogP contribution in [-0.2, 0) is 0 Å². The molecule has 0 spiro atoms. The van der Waals surface area contributed by atoms with Gasteiger partial charge in [0, 0.05) is 23.3 Å². The van der Waals surface area contributed by atoms with E-state index in [-0.39, 0.29) is 18.6 Å². The first kappa shape index (κ1) is 14.2. The number of hydrogen-bond acceptors (Lipinski definition) is 3. The molecule has 104 valence electrons. The average Bonchev–Trinajstić information content (AvgIpc) is 2.89. The second-order valence-corrected chi connectivity index (χ2v) is 5.33. The van der Waals surface area contributed by atoms with Gasteiger partial charge in [-0.25, -0.2) is 0 Å². The SMILES string of the molecule is Nc1cc(Cl)ccc1C(=O)N(CCO)C1CCCC1. The van der Waals surface area contributed by atoms with Crippen molar-refractivity contribution in [1.82, 2.24) is 4.90 Å². The standard InChI is InChI=1S/C14H19ClN2O2/c15-10-5-6-12(13(16)9-10)14(19)17(7-8-18)11-3-1-2-4-11/h5-6,9,11,18H,1-4,7-8,16H2. The maximum atomic E-state index is 12.5. The Balaban J connectivity index is 2.22. The largest absolute Gasteiger partial charge is 0.398 e. The number of carbonyl (C=O) groups is 1. The molecule has 1 aliphatic rings. The number of aliphatic hydroxyl groups excluding tert-OH is 1. The van der Waals surface area contributed by atoms with E-state index in [1.807, 2.05) is 0 Å². The lowest BCUT2D eigenvalue weighted by molar-refractivity contribution is 0.0639. The maximum Gasteiger partial charge on any atom is 0.256 e. The summed E-state index contributed by atoms with van der Waals surface area (Å²) < 4.78 is 0. The molecule has 2 rings (SSSR count). The molecule has 3 N–H and O–H groups in total. The third kappa shape index (κ3) is 3.19. The fraction of sp³-hybridized carbons (Fsp3) is 0.500. The first-order chi connectivity index (χ1) is 9.13. The van der Waals surface area contributed by atoms with Crippen molar-refractivity contribution in [3.8, 4) is 0 Å². The molecule has 1 saturated carbocycles. The summed E-state index contributed by atoms with van der Waals surface area (Å²) in [5.74, 6) is -0.116. The van der Waals surface area contributed by atoms with E-state index < -0.39 is 0 Å². The van der Waals surface area contributed by atoms with Crippen LogP contribution in [0.3, 0.4) is 0 Å². The van der Waals surface area contributed by atoms with Gasteiger partial charge >= 0.3 is 0 Å². The van der Waals surface area contributed by atoms with Gasteiger partial charge in [0.1, 0.15) is 0 Å². The van der Waals surface area contributed by atoms with E-state index in [9.17, 15) is 4.79 Å². The normalized spacial score (nSPS) is 15.7. The van der Waals surface area contributed by atoms with Crippen LogP contribution in [0.1, 0.15) is 36.0 Å². The fourth-order valence-corrected chi connectivity index (χ4v) is 2.84. The Labute approximate surface area is 118 Å². The van der Waals surface area contributed by atoms with Gasteiger partial charge in [0.2, 0.25) is 0 Å². The van der Waals surface area contributed by atoms with Crippen molar-refractivity contribution in [2.24, 2.45) is 0 Å². The van der Waals surface area contributed by atoms with E-state index in [1.165, 1.54) is 0 Å². The number of benzene rings is 1. The highest BCUT2D eigenvalue weighted by Crippen LogP contribution is 2.26. The topological polar surface area (TPSA) is 66.6 Å². The number of rotatable bonds is 4. The van der Waals surface area contributed by atoms with Crippen LogP contribution in [0.2, 0.25) is 5.02 Å². The zero-order valence-electron chi connectivity index (χ0n) is 10.8. The summed E-state index contributed by atoms with van der Waals surface area (Å²) in [6.45, 7) is 0.321. The molecule has 5 heteroatoms. The van der Waals surface area contributed by atoms with Gasteiger partial charge in [-0.3, -0.25) is 4.79 Å². The number of carbonyl (C=O) groups excluding carboxylic acids is 1. The smallest absolute Gasteiger partial charge is 0.256 e. The predicted molar refractivity (Wildman–Crippen MR) is 76.2 cm³/mol. The highest BCUT2D eigenvalue weighted by Gasteiger charge is 2.27. The minimum atomic E-state index is -0.116. The number of hydrogen-bond donors (Lipinski definition) is 2. The molecular weight excluding hydrogens is 264 g/mol. The van der Waals surface area contributed by atoms with Crippen LogP contribution in [0.25, 0.3) is 0 Å². The van der Waals surface area contributed by atoms with Gasteiger partial charge in [0.15, 0.2) is 0 Å². The Morgan fingerprint density at radius 1 is 1.42 bits per heavy atom. The zero-order valence-corrected chi connectivity index (χ0v) is 11.6. The molecule has 1 aliphatic carbocycles. The third-order valence-electron chi connectivity index (χ3n) is 3.61. The summed E-state index contributed by atoms with van der Waals surface area (Å²) >= 11 is 5.84. The second kappa shape index (κ2) is 6.26. The van der Waals surface area contributed by atoms with E-state index in [0.29, 0.717) is 22.8 Å². The van der Waals surface area contributed by atoms with E-state index in [1.54, 1.807) is 23.1 Å². The quantitative estimate of drug-likeness (QED) is 0.833. The van der Waals surface area contributed by atoms with E-state index in [2.05, 4.69) is 0 Å². The number of nitrogen functional groups attached to an aromatic ring is 1. The lowest BCUT2D eigenvalue weighted by atomic mass is 10.1. The van der Waals surface area contributed by atoms with Crippen molar-refractivity contribution in [3.63, 3.8) is 0 Å². The molecule has 1 amide bonds. The lowest BCUT2D eigenvalue weighted by Gasteiger charge is -2.28. The molecule has 0 aromatic heterocycles. The van der Waals surface area contributed by atoms with Crippen LogP contribution >= 0.6 is 11.6 Å². The van der Waals surface area contributed by atoms with Crippen molar-refractivity contribution in [3.05, 3.63) is 28.8 Å². The summed E-state index contributed by atoms with van der Waals surface area (Å²) in [7, 11) is 0. The van der Waals surface area contributed by atoms with Crippen molar-refractivity contribution in [1.29, 1.82) is 0 Å². The van der Waals surface area contributed by atoms with Gasteiger partial charge in [-0.15, -0.1) is 0 Å². The number of aliphatic hydroxyl groups is 1. The molecule has 0 saturated heterocycles. The first-order valence-corrected chi connectivity index (χ1v) is 6.98. The molecule has 1 fully saturated rings. The molecule has 0 aliphatic heterocycles. The fourth-order valence-electron chi connectivity index (χ4n) is 2.66. The second-order valence-electron chi connectivity index (χ2n) is 4.89. The predicted octanol–water partition coefficient (Wildman–Crippen LogP) is 2.30. The van der Waals surface area contributed by atoms with Gasteiger partial charge in [-0.2, -0.15) is 0 Å². The van der Waals surface area contributed by atoms with Crippen LogP contribution in [0.15, 0.2) is 18.2 Å². The lowest BCUT2D eigenvalue weighted by Crippen LogP contribution is -2.41. The van der Waals surface area contributed by atoms with E-state index in [0.717, 1.165) is 25.7 Å². The Hall–Kier alpha value is -1.26. The molecule has 0 atom stereocenters. The van der Waals surface area contributed by atoms with Crippen molar-refractivity contribution in [2.75, 3.05) is 18.9 Å². The molecule has 0 radical (unpaired) electrons. The van der Waals surface area contributed by atoms with Crippen LogP contribution in [0, 0.1) is 0 Å². The van der Waals surface area contributed by atoms with E-state index in [4.69, 9.17) is 22.4 Å². The van der Waals surface area contributed by atoms with Crippen LogP contribution in [-0.4, -0.2) is 35.1 Å². The molecule has 0 bridgehead atoms. The Bertz CT molecular complexity index is 459. The molecule has 4 nitrogen and oxygen atoms in total. The van der Waals surface area contributed by atoms with E-state index >= 15 is 0 Å². The van der Waals surface area contributed by atoms with Gasteiger partial charge in [0.25, 0.3) is 5.91 Å². The zero-order chi connectivity index (χ0) is 13.8. The molecular formula is C14H19ClN2O2. The van der Waals surface area contributed by atoms with Gasteiger partial charge in [-0.1, -0.05) is 24.4 Å². The Morgan fingerprint density at radius 2 is 2.11 bits per heavy atom. The van der Waals surface area contributed by atoms with Crippen molar-refractivity contribution in [2.45, 2.75) is 31.7 Å². The summed E-state index contributed by atoms with van der Waals surface area (Å²) in [4.78, 5) is 14.3. The van der Waals surface area contributed by atoms with Gasteiger partial charge in [0.05, 0.1) is 12.2 Å². The van der Waals surface area contributed by atoms with Crippen LogP contribution in [0.4, 0.5) is 5.69 Å². The van der Waals surface area contributed by atoms with Gasteiger partial charge in [-0.05, 0) is 31.0 Å². The van der Waals surface area contributed by atoms with Crippen molar-refractivity contribution < 1.29 is 9.90 Å². The highest BCUT2D eigenvalue weighted by atomic mass is 35.5. The number of anilines is 1. The molecule has 1 aromatic carbocycles. The molecule has 0 heterocycles. The average molecular weight is 283 g/mol. The molecule has 1 aromatic rings. The number of nitrogens with zero attached hydrogens (tertiary/aromatic N) is 1. The molecule has 0 unspecified atom stereocenters. The number of halogens is 1. The van der Waals surface area contributed by atoms with Crippen LogP contribution in [0.5, 0.6) is 0 Å². The third-order valence-corrected chi connectivity index (χ3v) is 3.85.